The molecule has 5 heteroatoms. The Morgan fingerprint density at radius 1 is 1.38 bits per heavy atom. The molecule has 0 bridgehead atoms. The lowest BCUT2D eigenvalue weighted by molar-refractivity contribution is -0.138. The second-order valence-corrected chi connectivity index (χ2v) is 4.52. The van der Waals surface area contributed by atoms with Crippen LogP contribution in [0.5, 0.6) is 5.75 Å². The Morgan fingerprint density at radius 2 is 2.19 bits per heavy atom. The Bertz CT molecular complexity index is 639. The maximum absolute atomic E-state index is 11.7. The molecule has 2 rings (SSSR count). The van der Waals surface area contributed by atoms with Crippen molar-refractivity contribution in [2.75, 3.05) is 7.11 Å². The fraction of sp³-hybridized carbons (Fsp3) is 0.250. The Hall–Kier alpha value is -2.56. The van der Waals surface area contributed by atoms with Gasteiger partial charge in [-0.3, -0.25) is 0 Å². The van der Waals surface area contributed by atoms with Crippen molar-refractivity contribution in [3.8, 4) is 5.75 Å². The van der Waals surface area contributed by atoms with Crippen LogP contribution in [0.25, 0.3) is 6.08 Å². The van der Waals surface area contributed by atoms with Crippen molar-refractivity contribution in [3.63, 3.8) is 0 Å². The van der Waals surface area contributed by atoms with E-state index in [1.54, 1.807) is 20.1 Å². The highest BCUT2D eigenvalue weighted by Gasteiger charge is 2.10. The van der Waals surface area contributed by atoms with Gasteiger partial charge in [0.2, 0.25) is 0 Å². The molecule has 0 atom stereocenters. The minimum atomic E-state index is -0.419. The lowest BCUT2D eigenvalue weighted by Gasteiger charge is -2.02. The summed E-state index contributed by atoms with van der Waals surface area (Å²) in [6.45, 7) is 3.75. The Morgan fingerprint density at radius 3 is 2.86 bits per heavy atom. The molecule has 1 aromatic heterocycles. The number of carbonyl (C=O) groups is 1. The second-order valence-electron chi connectivity index (χ2n) is 4.52. The summed E-state index contributed by atoms with van der Waals surface area (Å²) < 4.78 is 15.3. The van der Waals surface area contributed by atoms with Crippen LogP contribution in [-0.4, -0.2) is 18.2 Å². The van der Waals surface area contributed by atoms with Crippen molar-refractivity contribution in [2.45, 2.75) is 20.5 Å². The highest BCUT2D eigenvalue weighted by atomic mass is 16.5. The average Bonchev–Trinajstić information content (AvgIpc) is 2.82. The zero-order chi connectivity index (χ0) is 15.2. The molecule has 0 saturated heterocycles. The Kier molecular flexibility index (Phi) is 4.77. The third-order valence-electron chi connectivity index (χ3n) is 3.05. The van der Waals surface area contributed by atoms with Gasteiger partial charge in [0.05, 0.1) is 18.4 Å². The number of benzene rings is 1. The van der Waals surface area contributed by atoms with E-state index in [9.17, 15) is 4.79 Å². The van der Waals surface area contributed by atoms with Crippen molar-refractivity contribution >= 4 is 12.0 Å². The van der Waals surface area contributed by atoms with Crippen LogP contribution in [0.15, 0.2) is 34.9 Å². The van der Waals surface area contributed by atoms with Crippen LogP contribution in [-0.2, 0) is 16.1 Å². The maximum atomic E-state index is 11.7. The minimum Gasteiger partial charge on any atom is -0.497 e. The fourth-order valence-electron chi connectivity index (χ4n) is 1.81. The van der Waals surface area contributed by atoms with Gasteiger partial charge in [0.25, 0.3) is 0 Å². The summed E-state index contributed by atoms with van der Waals surface area (Å²) in [6.07, 6.45) is 3.06. The van der Waals surface area contributed by atoms with E-state index >= 15 is 0 Å². The summed E-state index contributed by atoms with van der Waals surface area (Å²) in [5.74, 6) is 0.983. The van der Waals surface area contributed by atoms with Crippen molar-refractivity contribution < 1.29 is 18.8 Å². The number of hydrogen-bond donors (Lipinski definition) is 0. The summed E-state index contributed by atoms with van der Waals surface area (Å²) >= 11 is 0. The van der Waals surface area contributed by atoms with Gasteiger partial charge in [-0.25, -0.2) is 4.79 Å². The van der Waals surface area contributed by atoms with E-state index in [0.717, 1.165) is 22.6 Å². The molecule has 0 aliphatic rings. The first-order valence-corrected chi connectivity index (χ1v) is 6.51. The molecule has 110 valence electrons. The fourth-order valence-corrected chi connectivity index (χ4v) is 1.81. The predicted octanol–water partition coefficient (Wildman–Crippen LogP) is 3.06. The minimum absolute atomic E-state index is 0.155. The smallest absolute Gasteiger partial charge is 0.331 e. The van der Waals surface area contributed by atoms with Gasteiger partial charge in [-0.05, 0) is 37.6 Å². The molecule has 5 nitrogen and oxygen atoms in total. The Balaban J connectivity index is 1.93. The maximum Gasteiger partial charge on any atom is 0.331 e. The molecule has 0 fully saturated rings. The third kappa shape index (κ3) is 3.95. The van der Waals surface area contributed by atoms with Crippen LogP contribution in [0.1, 0.15) is 22.6 Å². The molecule has 0 aliphatic heterocycles. The molecule has 0 N–H and O–H groups in total. The molecule has 0 radical (unpaired) electrons. The van der Waals surface area contributed by atoms with Crippen molar-refractivity contribution in [1.29, 1.82) is 0 Å². The van der Waals surface area contributed by atoms with Gasteiger partial charge in [0.15, 0.2) is 0 Å². The van der Waals surface area contributed by atoms with E-state index in [0.29, 0.717) is 5.76 Å². The number of methoxy groups -OCH3 is 1. The summed E-state index contributed by atoms with van der Waals surface area (Å²) in [5, 5.41) is 3.81. The van der Waals surface area contributed by atoms with Gasteiger partial charge in [0.1, 0.15) is 18.1 Å². The van der Waals surface area contributed by atoms with Crippen LogP contribution in [0.3, 0.4) is 0 Å². The van der Waals surface area contributed by atoms with E-state index in [4.69, 9.17) is 14.0 Å². The lowest BCUT2D eigenvalue weighted by atomic mass is 10.2. The van der Waals surface area contributed by atoms with Crippen LogP contribution >= 0.6 is 0 Å². The molecule has 0 amide bonds. The number of esters is 1. The van der Waals surface area contributed by atoms with Crippen LogP contribution in [0.4, 0.5) is 0 Å². The number of ether oxygens (including phenoxy) is 2. The summed E-state index contributed by atoms with van der Waals surface area (Å²) in [5.41, 5.74) is 2.40. The number of rotatable bonds is 5. The van der Waals surface area contributed by atoms with Crippen molar-refractivity contribution in [2.24, 2.45) is 0 Å². The van der Waals surface area contributed by atoms with Crippen LogP contribution in [0, 0.1) is 13.8 Å². The number of hydrogen-bond acceptors (Lipinski definition) is 5. The van der Waals surface area contributed by atoms with Crippen LogP contribution in [0.2, 0.25) is 0 Å². The SMILES string of the molecule is COc1cccc(/C=C/C(=O)OCc2c(C)noc2C)c1. The molecule has 0 aliphatic carbocycles. The van der Waals surface area contributed by atoms with Gasteiger partial charge in [0, 0.05) is 6.08 Å². The van der Waals surface area contributed by atoms with E-state index < -0.39 is 5.97 Å². The first-order valence-electron chi connectivity index (χ1n) is 6.51. The van der Waals surface area contributed by atoms with E-state index in [2.05, 4.69) is 5.16 Å². The predicted molar refractivity (Wildman–Crippen MR) is 77.8 cm³/mol. The number of aromatic nitrogens is 1. The molecule has 1 heterocycles. The summed E-state index contributed by atoms with van der Waals surface area (Å²) in [6, 6.07) is 7.40. The van der Waals surface area contributed by atoms with Crippen molar-refractivity contribution in [3.05, 3.63) is 52.9 Å². The lowest BCUT2D eigenvalue weighted by Crippen LogP contribution is -2.02. The molecule has 21 heavy (non-hydrogen) atoms. The Labute approximate surface area is 123 Å². The molecule has 1 aromatic carbocycles. The highest BCUT2D eigenvalue weighted by Crippen LogP contribution is 2.15. The molecular weight excluding hydrogens is 270 g/mol. The summed E-state index contributed by atoms with van der Waals surface area (Å²) in [4.78, 5) is 11.7. The molecule has 2 aromatic rings. The zero-order valence-electron chi connectivity index (χ0n) is 12.3. The van der Waals surface area contributed by atoms with Crippen molar-refractivity contribution in [1.82, 2.24) is 5.16 Å². The van der Waals surface area contributed by atoms with Gasteiger partial charge in [-0.1, -0.05) is 17.3 Å². The monoisotopic (exact) mass is 287 g/mol. The first kappa shape index (κ1) is 14.8. The van der Waals surface area contributed by atoms with Gasteiger partial charge < -0.3 is 14.0 Å². The topological polar surface area (TPSA) is 61.6 Å². The molecule has 0 spiro atoms. The number of nitrogens with zero attached hydrogens (tertiary/aromatic N) is 1. The first-order chi connectivity index (χ1) is 10.1. The molecular formula is C16H17NO4. The normalized spacial score (nSPS) is 10.8. The average molecular weight is 287 g/mol. The summed E-state index contributed by atoms with van der Waals surface area (Å²) in [7, 11) is 1.60. The van der Waals surface area contributed by atoms with Gasteiger partial charge in [-0.2, -0.15) is 0 Å². The molecule has 0 unspecified atom stereocenters. The third-order valence-corrected chi connectivity index (χ3v) is 3.05. The van der Waals surface area contributed by atoms with E-state index in [-0.39, 0.29) is 6.61 Å². The van der Waals surface area contributed by atoms with Gasteiger partial charge in [-0.15, -0.1) is 0 Å². The van der Waals surface area contributed by atoms with Crippen LogP contribution < -0.4 is 4.74 Å². The standard InChI is InChI=1S/C16H17NO4/c1-11-15(12(2)21-17-11)10-20-16(18)8-7-13-5-4-6-14(9-13)19-3/h4-9H,10H2,1-3H3/b8-7+. The largest absolute Gasteiger partial charge is 0.497 e. The second kappa shape index (κ2) is 6.74. The quantitative estimate of drug-likeness (QED) is 0.624. The highest BCUT2D eigenvalue weighted by molar-refractivity contribution is 5.87. The number of carbonyl (C=O) groups excluding carboxylic acids is 1. The number of aryl methyl sites for hydroxylation is 2. The van der Waals surface area contributed by atoms with E-state index in [1.807, 2.05) is 31.2 Å². The van der Waals surface area contributed by atoms with Gasteiger partial charge >= 0.3 is 5.97 Å². The van der Waals surface area contributed by atoms with E-state index in [1.165, 1.54) is 6.08 Å². The zero-order valence-corrected chi connectivity index (χ0v) is 12.3. The molecule has 0 saturated carbocycles.